The summed E-state index contributed by atoms with van der Waals surface area (Å²) < 4.78 is 58.0. The van der Waals surface area contributed by atoms with Crippen molar-refractivity contribution >= 4 is 30.8 Å². The minimum absolute atomic E-state index is 0.00502. The molecule has 2 aromatic rings. The Balaban J connectivity index is 1.83. The third kappa shape index (κ3) is 4.11. The fraction of sp³-hybridized carbons (Fsp3) is 0.583. The predicted molar refractivity (Wildman–Crippen MR) is 128 cm³/mol. The zero-order valence-corrected chi connectivity index (χ0v) is 20.7. The van der Waals surface area contributed by atoms with Gasteiger partial charge in [-0.25, -0.2) is 16.8 Å². The summed E-state index contributed by atoms with van der Waals surface area (Å²) in [5.74, 6) is 0. The number of fused-ring (bicyclic) bond motifs is 1. The van der Waals surface area contributed by atoms with E-state index >= 15 is 0 Å². The SMILES string of the molecule is CCC1CCCCN1S(=O)(=O)c1cccc2c(S(=O)(=O)N3CCCCC3CC)cccc12. The van der Waals surface area contributed by atoms with Gasteiger partial charge in [-0.15, -0.1) is 0 Å². The third-order valence-corrected chi connectivity index (χ3v) is 11.1. The van der Waals surface area contributed by atoms with Crippen LogP contribution in [-0.2, 0) is 20.0 Å². The Bertz CT molecular complexity index is 1080. The Kier molecular flexibility index (Phi) is 6.96. The van der Waals surface area contributed by atoms with Crippen molar-refractivity contribution in [2.45, 2.75) is 87.1 Å². The zero-order valence-electron chi connectivity index (χ0n) is 19.0. The van der Waals surface area contributed by atoms with Crippen molar-refractivity contribution in [2.75, 3.05) is 13.1 Å². The van der Waals surface area contributed by atoms with E-state index in [4.69, 9.17) is 0 Å². The van der Waals surface area contributed by atoms with Crippen LogP contribution in [0.2, 0.25) is 0 Å². The maximum absolute atomic E-state index is 13.7. The summed E-state index contributed by atoms with van der Waals surface area (Å²) in [6.45, 7) is 5.08. The second kappa shape index (κ2) is 9.41. The van der Waals surface area contributed by atoms with Crippen LogP contribution in [0.3, 0.4) is 0 Å². The summed E-state index contributed by atoms with van der Waals surface area (Å²) in [5.41, 5.74) is 0. The molecule has 2 aromatic carbocycles. The van der Waals surface area contributed by atoms with Crippen molar-refractivity contribution in [1.82, 2.24) is 8.61 Å². The number of sulfonamides is 2. The molecule has 32 heavy (non-hydrogen) atoms. The van der Waals surface area contributed by atoms with E-state index in [-0.39, 0.29) is 21.9 Å². The fourth-order valence-electron chi connectivity index (χ4n) is 5.35. The van der Waals surface area contributed by atoms with Crippen LogP contribution in [0.1, 0.15) is 65.2 Å². The highest BCUT2D eigenvalue weighted by Gasteiger charge is 2.36. The molecular weight excluding hydrogens is 444 g/mol. The summed E-state index contributed by atoms with van der Waals surface area (Å²) in [6, 6.07) is 10.0. The van der Waals surface area contributed by atoms with Crippen LogP contribution >= 0.6 is 0 Å². The first-order valence-electron chi connectivity index (χ1n) is 11.9. The van der Waals surface area contributed by atoms with Gasteiger partial charge in [0.25, 0.3) is 0 Å². The minimum Gasteiger partial charge on any atom is -0.207 e. The van der Waals surface area contributed by atoms with Crippen LogP contribution in [-0.4, -0.2) is 50.6 Å². The summed E-state index contributed by atoms with van der Waals surface area (Å²) >= 11 is 0. The lowest BCUT2D eigenvalue weighted by Gasteiger charge is -2.35. The molecule has 2 aliphatic heterocycles. The molecule has 2 fully saturated rings. The molecule has 176 valence electrons. The molecule has 2 saturated heterocycles. The highest BCUT2D eigenvalue weighted by atomic mass is 32.2. The van der Waals surface area contributed by atoms with Crippen LogP contribution in [0, 0.1) is 0 Å². The van der Waals surface area contributed by atoms with Crippen molar-refractivity contribution < 1.29 is 16.8 Å². The van der Waals surface area contributed by atoms with Crippen LogP contribution in [0.25, 0.3) is 10.8 Å². The van der Waals surface area contributed by atoms with Crippen LogP contribution in [0.4, 0.5) is 0 Å². The topological polar surface area (TPSA) is 74.8 Å². The van der Waals surface area contributed by atoms with Crippen LogP contribution in [0.15, 0.2) is 46.2 Å². The predicted octanol–water partition coefficient (Wildman–Crippen LogP) is 4.75. The van der Waals surface area contributed by atoms with E-state index in [0.29, 0.717) is 23.9 Å². The number of hydrogen-bond acceptors (Lipinski definition) is 4. The number of nitrogens with zero attached hydrogens (tertiary/aromatic N) is 2. The third-order valence-electron chi connectivity index (χ3n) is 7.10. The highest BCUT2D eigenvalue weighted by Crippen LogP contribution is 2.35. The molecule has 0 saturated carbocycles. The monoisotopic (exact) mass is 478 g/mol. The lowest BCUT2D eigenvalue weighted by molar-refractivity contribution is 0.246. The first kappa shape index (κ1) is 23.7. The fourth-order valence-corrected chi connectivity index (χ4v) is 9.30. The quantitative estimate of drug-likeness (QED) is 0.601. The Morgan fingerprint density at radius 2 is 1.09 bits per heavy atom. The maximum Gasteiger partial charge on any atom is 0.243 e. The average Bonchev–Trinajstić information content (AvgIpc) is 2.83. The second-order valence-corrected chi connectivity index (χ2v) is 12.7. The average molecular weight is 479 g/mol. The van der Waals surface area contributed by atoms with Gasteiger partial charge in [0.2, 0.25) is 20.0 Å². The molecule has 8 heteroatoms. The van der Waals surface area contributed by atoms with Crippen molar-refractivity contribution in [3.63, 3.8) is 0 Å². The minimum atomic E-state index is -3.73. The molecule has 0 radical (unpaired) electrons. The van der Waals surface area contributed by atoms with Gasteiger partial charge in [-0.3, -0.25) is 0 Å². The van der Waals surface area contributed by atoms with Gasteiger partial charge in [0.1, 0.15) is 0 Å². The van der Waals surface area contributed by atoms with Gasteiger partial charge in [0.15, 0.2) is 0 Å². The van der Waals surface area contributed by atoms with Gasteiger partial charge in [-0.1, -0.05) is 51.0 Å². The Morgan fingerprint density at radius 1 is 0.688 bits per heavy atom. The Labute approximate surface area is 192 Å². The van der Waals surface area contributed by atoms with Crippen molar-refractivity contribution in [3.8, 4) is 0 Å². The van der Waals surface area contributed by atoms with Gasteiger partial charge in [0, 0.05) is 35.9 Å². The van der Waals surface area contributed by atoms with E-state index in [0.717, 1.165) is 51.4 Å². The number of benzene rings is 2. The molecular formula is C24H34N2O4S2. The van der Waals surface area contributed by atoms with Gasteiger partial charge in [0.05, 0.1) is 9.79 Å². The normalized spacial score (nSPS) is 24.1. The maximum atomic E-state index is 13.7. The molecule has 0 aliphatic carbocycles. The number of hydrogen-bond donors (Lipinski definition) is 0. The molecule has 0 spiro atoms. The lowest BCUT2D eigenvalue weighted by Crippen LogP contribution is -2.43. The molecule has 2 unspecified atom stereocenters. The van der Waals surface area contributed by atoms with E-state index in [9.17, 15) is 16.8 Å². The highest BCUT2D eigenvalue weighted by molar-refractivity contribution is 7.89. The number of rotatable bonds is 6. The smallest absolute Gasteiger partial charge is 0.207 e. The van der Waals surface area contributed by atoms with Crippen molar-refractivity contribution in [2.24, 2.45) is 0 Å². The largest absolute Gasteiger partial charge is 0.243 e. The summed E-state index contributed by atoms with van der Waals surface area (Å²) in [5, 5.41) is 0.970. The molecule has 2 aliphatic rings. The molecule has 4 rings (SSSR count). The summed E-state index contributed by atoms with van der Waals surface area (Å²) in [6.07, 6.45) is 7.07. The van der Waals surface area contributed by atoms with Crippen molar-refractivity contribution in [3.05, 3.63) is 36.4 Å². The summed E-state index contributed by atoms with van der Waals surface area (Å²) in [7, 11) is -7.46. The lowest BCUT2D eigenvalue weighted by atomic mass is 10.0. The molecule has 2 heterocycles. The molecule has 2 atom stereocenters. The first-order valence-corrected chi connectivity index (χ1v) is 14.8. The van der Waals surface area contributed by atoms with E-state index in [2.05, 4.69) is 0 Å². The zero-order chi connectivity index (χ0) is 22.9. The van der Waals surface area contributed by atoms with Crippen LogP contribution < -0.4 is 0 Å². The van der Waals surface area contributed by atoms with E-state index < -0.39 is 20.0 Å². The van der Waals surface area contributed by atoms with E-state index in [1.54, 1.807) is 45.0 Å². The second-order valence-electron chi connectivity index (χ2n) is 8.95. The number of piperidine rings is 2. The molecule has 0 aromatic heterocycles. The molecule has 0 N–H and O–H groups in total. The Morgan fingerprint density at radius 3 is 1.47 bits per heavy atom. The van der Waals surface area contributed by atoms with E-state index in [1.165, 1.54) is 0 Å². The van der Waals surface area contributed by atoms with Gasteiger partial charge in [-0.2, -0.15) is 8.61 Å². The Hall–Kier alpha value is -1.48. The standard InChI is InChI=1S/C24H34N2O4S2/c1-3-19-11-5-7-17-25(19)31(27,28)23-15-9-14-22-21(23)13-10-16-24(22)32(29,30)26-18-8-6-12-20(26)4-2/h9-10,13-16,19-20H,3-8,11-12,17-18H2,1-2H3. The van der Waals surface area contributed by atoms with Crippen LogP contribution in [0.5, 0.6) is 0 Å². The molecule has 0 bridgehead atoms. The molecule has 0 amide bonds. The van der Waals surface area contributed by atoms with Crippen molar-refractivity contribution in [1.29, 1.82) is 0 Å². The molecule has 6 nitrogen and oxygen atoms in total. The van der Waals surface area contributed by atoms with Gasteiger partial charge in [-0.05, 0) is 50.7 Å². The van der Waals surface area contributed by atoms with Gasteiger partial charge < -0.3 is 0 Å². The van der Waals surface area contributed by atoms with Gasteiger partial charge >= 0.3 is 0 Å². The first-order chi connectivity index (χ1) is 15.3. The summed E-state index contributed by atoms with van der Waals surface area (Å²) in [4.78, 5) is 0.413. The van der Waals surface area contributed by atoms with E-state index in [1.807, 2.05) is 13.8 Å².